The van der Waals surface area contributed by atoms with Crippen molar-refractivity contribution in [1.29, 1.82) is 0 Å². The molecule has 0 fully saturated rings. The Hall–Kier alpha value is -2.47. The van der Waals surface area contributed by atoms with Gasteiger partial charge >= 0.3 is 6.03 Å². The van der Waals surface area contributed by atoms with Crippen LogP contribution >= 0.6 is 0 Å². The van der Waals surface area contributed by atoms with Crippen LogP contribution in [0.5, 0.6) is 5.75 Å². The largest absolute Gasteiger partial charge is 0.493 e. The van der Waals surface area contributed by atoms with Crippen molar-refractivity contribution in [3.63, 3.8) is 0 Å². The number of urea groups is 1. The normalized spacial score (nSPS) is 15.8. The maximum Gasteiger partial charge on any atom is 0.319 e. The summed E-state index contributed by atoms with van der Waals surface area (Å²) in [6.07, 6.45) is 3.10. The molecule has 3 N–H and O–H groups in total. The molecule has 6 nitrogen and oxygen atoms in total. The number of ether oxygens (including phenoxy) is 1. The van der Waals surface area contributed by atoms with E-state index in [9.17, 15) is 9.90 Å². The monoisotopic (exact) mass is 330 g/mol. The van der Waals surface area contributed by atoms with Gasteiger partial charge in [-0.25, -0.2) is 4.79 Å². The SMILES string of the molecule is C[C@H](C[C@@H](O)c1ccco1)NC(=O)Nc1ccc2c(c1)CCCO2. The Labute approximate surface area is 140 Å². The molecule has 6 heteroatoms. The molecule has 0 aliphatic carbocycles. The van der Waals surface area contributed by atoms with Crippen LogP contribution in [0, 0.1) is 0 Å². The van der Waals surface area contributed by atoms with E-state index in [1.807, 2.05) is 25.1 Å². The number of rotatable bonds is 5. The molecule has 0 saturated carbocycles. The van der Waals surface area contributed by atoms with Gasteiger partial charge in [-0.3, -0.25) is 0 Å². The van der Waals surface area contributed by atoms with Gasteiger partial charge in [-0.05, 0) is 55.7 Å². The summed E-state index contributed by atoms with van der Waals surface area (Å²) in [5.74, 6) is 1.39. The van der Waals surface area contributed by atoms with Gasteiger partial charge in [0.1, 0.15) is 17.6 Å². The van der Waals surface area contributed by atoms with Gasteiger partial charge in [-0.1, -0.05) is 0 Å². The fraction of sp³-hybridized carbons (Fsp3) is 0.389. The molecule has 24 heavy (non-hydrogen) atoms. The zero-order chi connectivity index (χ0) is 16.9. The number of aliphatic hydroxyl groups excluding tert-OH is 1. The fourth-order valence-electron chi connectivity index (χ4n) is 2.82. The minimum absolute atomic E-state index is 0.203. The molecule has 0 radical (unpaired) electrons. The summed E-state index contributed by atoms with van der Waals surface area (Å²) >= 11 is 0. The van der Waals surface area contributed by atoms with E-state index in [0.717, 1.165) is 36.4 Å². The van der Waals surface area contributed by atoms with Gasteiger partial charge in [-0.15, -0.1) is 0 Å². The molecule has 2 heterocycles. The van der Waals surface area contributed by atoms with Crippen LogP contribution in [0.4, 0.5) is 10.5 Å². The first-order valence-electron chi connectivity index (χ1n) is 8.16. The number of fused-ring (bicyclic) bond motifs is 1. The van der Waals surface area contributed by atoms with Crippen LogP contribution in [-0.2, 0) is 6.42 Å². The highest BCUT2D eigenvalue weighted by Crippen LogP contribution is 2.27. The Bertz CT molecular complexity index is 684. The van der Waals surface area contributed by atoms with Crippen LogP contribution in [0.25, 0.3) is 0 Å². The first kappa shape index (κ1) is 16.4. The molecular formula is C18H22N2O4. The highest BCUT2D eigenvalue weighted by molar-refractivity contribution is 5.89. The maximum absolute atomic E-state index is 12.1. The molecule has 1 aromatic carbocycles. The number of benzene rings is 1. The smallest absolute Gasteiger partial charge is 0.319 e. The van der Waals surface area contributed by atoms with E-state index in [1.165, 1.54) is 6.26 Å². The Balaban J connectivity index is 1.51. The number of hydrogen-bond acceptors (Lipinski definition) is 4. The molecule has 1 aromatic heterocycles. The predicted molar refractivity (Wildman–Crippen MR) is 90.2 cm³/mol. The molecule has 2 atom stereocenters. The summed E-state index contributed by atoms with van der Waals surface area (Å²) in [6, 6.07) is 8.59. The second-order valence-corrected chi connectivity index (χ2v) is 6.04. The van der Waals surface area contributed by atoms with Gasteiger partial charge in [0.15, 0.2) is 0 Å². The Morgan fingerprint density at radius 3 is 3.04 bits per heavy atom. The lowest BCUT2D eigenvalue weighted by molar-refractivity contribution is 0.130. The summed E-state index contributed by atoms with van der Waals surface area (Å²) in [7, 11) is 0. The molecule has 1 aliphatic heterocycles. The predicted octanol–water partition coefficient (Wildman–Crippen LogP) is 3.24. The average molecular weight is 330 g/mol. The molecule has 0 unspecified atom stereocenters. The number of furan rings is 1. The molecule has 0 spiro atoms. The minimum Gasteiger partial charge on any atom is -0.493 e. The van der Waals surface area contributed by atoms with Gasteiger partial charge in [0.25, 0.3) is 0 Å². The highest BCUT2D eigenvalue weighted by atomic mass is 16.5. The lowest BCUT2D eigenvalue weighted by atomic mass is 10.1. The molecule has 2 aromatic rings. The van der Waals surface area contributed by atoms with E-state index in [4.69, 9.17) is 9.15 Å². The Morgan fingerprint density at radius 1 is 1.38 bits per heavy atom. The van der Waals surface area contributed by atoms with E-state index in [2.05, 4.69) is 10.6 Å². The number of aryl methyl sites for hydroxylation is 1. The summed E-state index contributed by atoms with van der Waals surface area (Å²) in [5.41, 5.74) is 1.84. The first-order chi connectivity index (χ1) is 11.6. The number of nitrogens with one attached hydrogen (secondary N) is 2. The lowest BCUT2D eigenvalue weighted by Crippen LogP contribution is -2.37. The van der Waals surface area contributed by atoms with Gasteiger partial charge in [0.05, 0.1) is 12.9 Å². The summed E-state index contributed by atoms with van der Waals surface area (Å²) in [4.78, 5) is 12.1. The minimum atomic E-state index is -0.740. The van der Waals surface area contributed by atoms with Crippen LogP contribution in [0.3, 0.4) is 0 Å². The number of anilines is 1. The first-order valence-corrected chi connectivity index (χ1v) is 8.16. The zero-order valence-corrected chi connectivity index (χ0v) is 13.6. The van der Waals surface area contributed by atoms with Crippen LogP contribution in [0.2, 0.25) is 0 Å². The standard InChI is InChI=1S/C18H22N2O4/c1-12(10-15(21)17-5-3-9-24-17)19-18(22)20-14-6-7-16-13(11-14)4-2-8-23-16/h3,5-7,9,11-12,15,21H,2,4,8,10H2,1H3,(H2,19,20,22)/t12-,15-/m1/s1. The Kier molecular flexibility index (Phi) is 5.05. The second kappa shape index (κ2) is 7.40. The number of carbonyl (C=O) groups excluding carboxylic acids is 1. The van der Waals surface area contributed by atoms with E-state index >= 15 is 0 Å². The van der Waals surface area contributed by atoms with E-state index in [0.29, 0.717) is 12.2 Å². The van der Waals surface area contributed by atoms with Crippen molar-refractivity contribution in [2.24, 2.45) is 0 Å². The van der Waals surface area contributed by atoms with Crippen LogP contribution in [0.1, 0.15) is 37.2 Å². The summed E-state index contributed by atoms with van der Waals surface area (Å²) < 4.78 is 10.7. The number of carbonyl (C=O) groups is 1. The molecule has 128 valence electrons. The van der Waals surface area contributed by atoms with Crippen molar-refractivity contribution in [2.45, 2.75) is 38.3 Å². The van der Waals surface area contributed by atoms with Crippen molar-refractivity contribution in [3.8, 4) is 5.75 Å². The summed E-state index contributed by atoms with van der Waals surface area (Å²) in [6.45, 7) is 2.59. The van der Waals surface area contributed by atoms with Crippen molar-refractivity contribution in [3.05, 3.63) is 47.9 Å². The summed E-state index contributed by atoms with van der Waals surface area (Å²) in [5, 5.41) is 15.7. The highest BCUT2D eigenvalue weighted by Gasteiger charge is 2.17. The average Bonchev–Trinajstić information content (AvgIpc) is 3.09. The zero-order valence-electron chi connectivity index (χ0n) is 13.6. The maximum atomic E-state index is 12.1. The Morgan fingerprint density at radius 2 is 2.25 bits per heavy atom. The quantitative estimate of drug-likeness (QED) is 0.786. The van der Waals surface area contributed by atoms with Gasteiger partial charge < -0.3 is 24.9 Å². The third-order valence-corrected chi connectivity index (χ3v) is 3.99. The van der Waals surface area contributed by atoms with Crippen molar-refractivity contribution in [1.82, 2.24) is 5.32 Å². The second-order valence-electron chi connectivity index (χ2n) is 6.04. The van der Waals surface area contributed by atoms with Crippen LogP contribution in [-0.4, -0.2) is 23.8 Å². The molecule has 0 saturated heterocycles. The third-order valence-electron chi connectivity index (χ3n) is 3.99. The molecule has 1 aliphatic rings. The number of amides is 2. The van der Waals surface area contributed by atoms with Crippen molar-refractivity contribution >= 4 is 11.7 Å². The number of hydrogen-bond donors (Lipinski definition) is 3. The van der Waals surface area contributed by atoms with E-state index < -0.39 is 6.10 Å². The fourth-order valence-corrected chi connectivity index (χ4v) is 2.82. The van der Waals surface area contributed by atoms with Gasteiger partial charge in [-0.2, -0.15) is 0 Å². The van der Waals surface area contributed by atoms with Crippen LogP contribution in [0.15, 0.2) is 41.0 Å². The van der Waals surface area contributed by atoms with E-state index in [1.54, 1.807) is 12.1 Å². The van der Waals surface area contributed by atoms with Gasteiger partial charge in [0.2, 0.25) is 0 Å². The number of aliphatic hydroxyl groups is 1. The van der Waals surface area contributed by atoms with Gasteiger partial charge in [0, 0.05) is 18.2 Å². The molecule has 3 rings (SSSR count). The van der Waals surface area contributed by atoms with E-state index in [-0.39, 0.29) is 12.1 Å². The van der Waals surface area contributed by atoms with Crippen molar-refractivity contribution in [2.75, 3.05) is 11.9 Å². The third kappa shape index (κ3) is 4.08. The molecule has 2 amide bonds. The van der Waals surface area contributed by atoms with Crippen LogP contribution < -0.4 is 15.4 Å². The topological polar surface area (TPSA) is 83.7 Å². The lowest BCUT2D eigenvalue weighted by Gasteiger charge is -2.19. The molecule has 0 bridgehead atoms. The van der Waals surface area contributed by atoms with Crippen molar-refractivity contribution < 1.29 is 19.1 Å². The molecular weight excluding hydrogens is 308 g/mol.